The third-order valence-electron chi connectivity index (χ3n) is 2.82. The Balaban J connectivity index is 0.00000162. The van der Waals surface area contributed by atoms with Gasteiger partial charge in [-0.15, -0.1) is 17.0 Å². The number of hydrogen-bond acceptors (Lipinski definition) is 3. The van der Waals surface area contributed by atoms with Crippen LogP contribution in [-0.4, -0.2) is 17.2 Å². The zero-order valence-electron chi connectivity index (χ0n) is 10.9. The fourth-order valence-corrected chi connectivity index (χ4v) is 1.84. The fourth-order valence-electron chi connectivity index (χ4n) is 1.84. The lowest BCUT2D eigenvalue weighted by atomic mass is 10.1. The summed E-state index contributed by atoms with van der Waals surface area (Å²) in [5.41, 5.74) is 2.69. The molecule has 1 N–H and O–H groups in total. The van der Waals surface area contributed by atoms with Crippen LogP contribution >= 0.6 is 17.0 Å². The number of rotatable bonds is 4. The standard InChI is InChI=1S/C13H18N2O2.BrH/c1-9(2)14-7-6-10-4-5-11-12(8-10)17-13(16)15(11)3;/h4-5,8-9,14H,6-7H2,1-3H3;1H. The van der Waals surface area contributed by atoms with Gasteiger partial charge in [0, 0.05) is 13.1 Å². The first kappa shape index (κ1) is 15.0. The highest BCUT2D eigenvalue weighted by Gasteiger charge is 2.06. The van der Waals surface area contributed by atoms with E-state index in [4.69, 9.17) is 4.42 Å². The number of fused-ring (bicyclic) bond motifs is 1. The maximum atomic E-state index is 11.3. The van der Waals surface area contributed by atoms with E-state index in [0.29, 0.717) is 11.6 Å². The van der Waals surface area contributed by atoms with Crippen molar-refractivity contribution in [2.75, 3.05) is 6.54 Å². The molecular weight excluding hydrogens is 296 g/mol. The molecule has 0 atom stereocenters. The Hall–Kier alpha value is -1.07. The first-order chi connectivity index (χ1) is 8.08. The van der Waals surface area contributed by atoms with Gasteiger partial charge in [0.1, 0.15) is 0 Å². The van der Waals surface area contributed by atoms with E-state index in [1.54, 1.807) is 7.05 Å². The van der Waals surface area contributed by atoms with Crippen LogP contribution in [0.15, 0.2) is 27.4 Å². The molecule has 2 aromatic rings. The third kappa shape index (κ3) is 3.23. The highest BCUT2D eigenvalue weighted by atomic mass is 79.9. The van der Waals surface area contributed by atoms with Gasteiger partial charge in [-0.3, -0.25) is 4.57 Å². The van der Waals surface area contributed by atoms with Crippen LogP contribution in [0.5, 0.6) is 0 Å². The maximum Gasteiger partial charge on any atom is 0.419 e. The van der Waals surface area contributed by atoms with Crippen molar-refractivity contribution in [3.05, 3.63) is 34.3 Å². The molecule has 5 heteroatoms. The van der Waals surface area contributed by atoms with Crippen molar-refractivity contribution < 1.29 is 4.42 Å². The van der Waals surface area contributed by atoms with Crippen LogP contribution in [0, 0.1) is 0 Å². The van der Waals surface area contributed by atoms with Crippen LogP contribution in [0.4, 0.5) is 0 Å². The van der Waals surface area contributed by atoms with E-state index < -0.39 is 0 Å². The molecule has 0 radical (unpaired) electrons. The smallest absolute Gasteiger partial charge is 0.408 e. The van der Waals surface area contributed by atoms with Crippen LogP contribution in [-0.2, 0) is 13.5 Å². The van der Waals surface area contributed by atoms with E-state index in [1.807, 2.05) is 18.2 Å². The summed E-state index contributed by atoms with van der Waals surface area (Å²) in [6.07, 6.45) is 0.937. The number of halogens is 1. The average molecular weight is 315 g/mol. The number of hydrogen-bond donors (Lipinski definition) is 1. The van der Waals surface area contributed by atoms with Crippen molar-refractivity contribution in [2.24, 2.45) is 7.05 Å². The molecule has 2 rings (SSSR count). The van der Waals surface area contributed by atoms with E-state index in [9.17, 15) is 4.79 Å². The van der Waals surface area contributed by atoms with Crippen LogP contribution in [0.25, 0.3) is 11.1 Å². The third-order valence-corrected chi connectivity index (χ3v) is 2.82. The van der Waals surface area contributed by atoms with Gasteiger partial charge in [0.05, 0.1) is 5.52 Å². The Bertz CT molecular complexity index is 572. The van der Waals surface area contributed by atoms with E-state index >= 15 is 0 Å². The van der Waals surface area contributed by atoms with Crippen molar-refractivity contribution in [2.45, 2.75) is 26.3 Å². The molecule has 1 aromatic heterocycles. The SMILES string of the molecule is Br.CC(C)NCCc1ccc2c(c1)oc(=O)n2C. The van der Waals surface area contributed by atoms with Gasteiger partial charge >= 0.3 is 5.76 Å². The molecule has 0 saturated heterocycles. The van der Waals surface area contributed by atoms with Crippen LogP contribution < -0.4 is 11.1 Å². The molecule has 1 aromatic carbocycles. The molecule has 0 spiro atoms. The first-order valence-electron chi connectivity index (χ1n) is 5.90. The summed E-state index contributed by atoms with van der Waals surface area (Å²) in [6.45, 7) is 5.18. The number of nitrogens with zero attached hydrogens (tertiary/aromatic N) is 1. The summed E-state index contributed by atoms with van der Waals surface area (Å²) < 4.78 is 6.67. The number of oxazole rings is 1. The van der Waals surface area contributed by atoms with Gasteiger partial charge in [0.25, 0.3) is 0 Å². The Labute approximate surface area is 117 Å². The van der Waals surface area contributed by atoms with Crippen molar-refractivity contribution in [3.63, 3.8) is 0 Å². The van der Waals surface area contributed by atoms with E-state index in [0.717, 1.165) is 18.5 Å². The van der Waals surface area contributed by atoms with Crippen molar-refractivity contribution >= 4 is 28.1 Å². The summed E-state index contributed by atoms with van der Waals surface area (Å²) in [5, 5.41) is 3.36. The second-order valence-electron chi connectivity index (χ2n) is 4.59. The molecular formula is C13H19BrN2O2. The summed E-state index contributed by atoms with van der Waals surface area (Å²) in [7, 11) is 1.72. The Morgan fingerprint density at radius 3 is 2.78 bits per heavy atom. The lowest BCUT2D eigenvalue weighted by molar-refractivity contribution is 0.527. The lowest BCUT2D eigenvalue weighted by Crippen LogP contribution is -2.24. The number of aromatic nitrogens is 1. The fraction of sp³-hybridized carbons (Fsp3) is 0.462. The van der Waals surface area contributed by atoms with Crippen LogP contribution in [0.2, 0.25) is 0 Å². The molecule has 4 nitrogen and oxygen atoms in total. The normalized spacial score (nSPS) is 10.9. The highest BCUT2D eigenvalue weighted by molar-refractivity contribution is 8.93. The van der Waals surface area contributed by atoms with Gasteiger partial charge in [-0.2, -0.15) is 0 Å². The van der Waals surface area contributed by atoms with Crippen molar-refractivity contribution in [3.8, 4) is 0 Å². The van der Waals surface area contributed by atoms with Gasteiger partial charge in [-0.1, -0.05) is 19.9 Å². The van der Waals surface area contributed by atoms with Gasteiger partial charge in [0.15, 0.2) is 5.58 Å². The monoisotopic (exact) mass is 314 g/mol. The van der Waals surface area contributed by atoms with Gasteiger partial charge < -0.3 is 9.73 Å². The number of nitrogens with one attached hydrogen (secondary N) is 1. The molecule has 0 unspecified atom stereocenters. The Morgan fingerprint density at radius 1 is 1.39 bits per heavy atom. The van der Waals surface area contributed by atoms with Crippen molar-refractivity contribution in [1.29, 1.82) is 0 Å². The van der Waals surface area contributed by atoms with Crippen LogP contribution in [0.3, 0.4) is 0 Å². The second kappa shape index (κ2) is 6.20. The molecule has 0 aliphatic rings. The van der Waals surface area contributed by atoms with Crippen LogP contribution in [0.1, 0.15) is 19.4 Å². The minimum absolute atomic E-state index is 0. The predicted molar refractivity (Wildman–Crippen MR) is 78.6 cm³/mol. The quantitative estimate of drug-likeness (QED) is 0.941. The van der Waals surface area contributed by atoms with Gasteiger partial charge in [0.2, 0.25) is 0 Å². The minimum atomic E-state index is -0.308. The summed E-state index contributed by atoms with van der Waals surface area (Å²) in [4.78, 5) is 11.3. The molecule has 18 heavy (non-hydrogen) atoms. The predicted octanol–water partition coefficient (Wildman–Crippen LogP) is 2.25. The average Bonchev–Trinajstić information content (AvgIpc) is 2.54. The lowest BCUT2D eigenvalue weighted by Gasteiger charge is -2.07. The molecule has 0 amide bonds. The summed E-state index contributed by atoms with van der Waals surface area (Å²) >= 11 is 0. The molecule has 100 valence electrons. The van der Waals surface area contributed by atoms with E-state index in [1.165, 1.54) is 10.1 Å². The van der Waals surface area contributed by atoms with E-state index in [-0.39, 0.29) is 22.7 Å². The summed E-state index contributed by atoms with van der Waals surface area (Å²) in [6, 6.07) is 6.41. The molecule has 0 saturated carbocycles. The number of benzene rings is 1. The zero-order valence-corrected chi connectivity index (χ0v) is 12.6. The first-order valence-corrected chi connectivity index (χ1v) is 5.90. The van der Waals surface area contributed by atoms with Gasteiger partial charge in [-0.25, -0.2) is 4.79 Å². The Kier molecular flexibility index (Phi) is 5.16. The van der Waals surface area contributed by atoms with Gasteiger partial charge in [-0.05, 0) is 30.7 Å². The molecule has 0 aliphatic heterocycles. The van der Waals surface area contributed by atoms with E-state index in [2.05, 4.69) is 19.2 Å². The van der Waals surface area contributed by atoms with Crippen molar-refractivity contribution in [1.82, 2.24) is 9.88 Å². The summed E-state index contributed by atoms with van der Waals surface area (Å²) in [5.74, 6) is -0.308. The highest BCUT2D eigenvalue weighted by Crippen LogP contribution is 2.14. The Morgan fingerprint density at radius 2 is 2.11 bits per heavy atom. The molecule has 0 bridgehead atoms. The zero-order chi connectivity index (χ0) is 12.4. The molecule has 0 fully saturated rings. The topological polar surface area (TPSA) is 47.2 Å². The second-order valence-corrected chi connectivity index (χ2v) is 4.59. The largest absolute Gasteiger partial charge is 0.419 e. The molecule has 0 aliphatic carbocycles. The number of aryl methyl sites for hydroxylation is 1. The molecule has 1 heterocycles. The maximum absolute atomic E-state index is 11.3. The minimum Gasteiger partial charge on any atom is -0.408 e.